The number of hydrogen-bond donors (Lipinski definition) is 0. The normalized spacial score (nSPS) is 10.5. The van der Waals surface area contributed by atoms with Gasteiger partial charge in [-0.1, -0.05) is 0 Å². The average Bonchev–Trinajstić information content (AvgIpc) is 2.16. The van der Waals surface area contributed by atoms with Gasteiger partial charge in [0.05, 0.1) is 0 Å². The summed E-state index contributed by atoms with van der Waals surface area (Å²) in [6.07, 6.45) is 14.6. The Morgan fingerprint density at radius 3 is 1.38 bits per heavy atom. The van der Waals surface area contributed by atoms with Gasteiger partial charge in [0.25, 0.3) is 0 Å². The summed E-state index contributed by atoms with van der Waals surface area (Å²) in [6, 6.07) is 0. The summed E-state index contributed by atoms with van der Waals surface area (Å²) in [6.45, 7) is 2.28. The van der Waals surface area contributed by atoms with Crippen molar-refractivity contribution in [3.05, 3.63) is 0 Å². The summed E-state index contributed by atoms with van der Waals surface area (Å²) in [5, 5.41) is 0. The van der Waals surface area contributed by atoms with Crippen LogP contribution in [0, 0.1) is 0 Å². The zero-order chi connectivity index (χ0) is 9.78. The van der Waals surface area contributed by atoms with Crippen molar-refractivity contribution in [3.8, 4) is 0 Å². The first-order chi connectivity index (χ1) is 6.41. The molecule has 0 N–H and O–H groups in total. The summed E-state index contributed by atoms with van der Waals surface area (Å²) in [7, 11) is 0. The number of rotatable bonds is 10. The standard InChI is InChI=1S/C12H25.Mo/c1-3-5-7-9-11-12-10-8-6-4-2;/h1,3-12H2,2H3;. The summed E-state index contributed by atoms with van der Waals surface area (Å²) < 4.78 is 0. The Labute approximate surface area is 95.8 Å². The summed E-state index contributed by atoms with van der Waals surface area (Å²) in [5.74, 6) is 0. The van der Waals surface area contributed by atoms with Crippen LogP contribution in [-0.4, -0.2) is 0 Å². The zero-order valence-corrected chi connectivity index (χ0v) is 11.2. The van der Waals surface area contributed by atoms with Gasteiger partial charge in [-0.15, -0.1) is 0 Å². The molecule has 13 heavy (non-hydrogen) atoms. The molecule has 0 saturated carbocycles. The van der Waals surface area contributed by atoms with Crippen LogP contribution in [-0.2, 0) is 19.8 Å². The van der Waals surface area contributed by atoms with E-state index in [2.05, 4.69) is 26.7 Å². The van der Waals surface area contributed by atoms with Crippen LogP contribution in [0.25, 0.3) is 0 Å². The average molecular weight is 265 g/mol. The molecule has 0 nitrogen and oxygen atoms in total. The summed E-state index contributed by atoms with van der Waals surface area (Å²) in [5.41, 5.74) is 0. The summed E-state index contributed by atoms with van der Waals surface area (Å²) in [4.78, 5) is 1.38. The fourth-order valence-electron chi connectivity index (χ4n) is 1.59. The van der Waals surface area contributed by atoms with Crippen LogP contribution in [0.1, 0.15) is 71.1 Å². The van der Waals surface area contributed by atoms with Crippen LogP contribution >= 0.6 is 0 Å². The van der Waals surface area contributed by atoms with Gasteiger partial charge in [0.2, 0.25) is 0 Å². The molecule has 0 spiro atoms. The van der Waals surface area contributed by atoms with Gasteiger partial charge in [0.15, 0.2) is 0 Å². The van der Waals surface area contributed by atoms with E-state index in [0.29, 0.717) is 0 Å². The van der Waals surface area contributed by atoms with Crippen molar-refractivity contribution in [1.29, 1.82) is 0 Å². The molecule has 0 bridgehead atoms. The van der Waals surface area contributed by atoms with E-state index in [-0.39, 0.29) is 0 Å². The van der Waals surface area contributed by atoms with E-state index in [9.17, 15) is 0 Å². The molecule has 0 atom stereocenters. The van der Waals surface area contributed by atoms with Crippen LogP contribution in [0.15, 0.2) is 0 Å². The van der Waals surface area contributed by atoms with Gasteiger partial charge in [0.1, 0.15) is 0 Å². The predicted octanol–water partition coefficient (Wildman–Crippen LogP) is 4.87. The molecule has 0 amide bonds. The van der Waals surface area contributed by atoms with Crippen LogP contribution in [0.4, 0.5) is 0 Å². The van der Waals surface area contributed by atoms with E-state index in [4.69, 9.17) is 0 Å². The van der Waals surface area contributed by atoms with Crippen molar-refractivity contribution in [1.82, 2.24) is 0 Å². The first-order valence-corrected chi connectivity index (χ1v) is 7.41. The van der Waals surface area contributed by atoms with Crippen LogP contribution < -0.4 is 0 Å². The molecule has 0 aromatic carbocycles. The van der Waals surface area contributed by atoms with Crippen molar-refractivity contribution in [2.24, 2.45) is 0 Å². The second kappa shape index (κ2) is 12.7. The fraction of sp³-hybridized carbons (Fsp3) is 1.00. The third kappa shape index (κ3) is 12.7. The van der Waals surface area contributed by atoms with E-state index in [1.807, 2.05) is 0 Å². The van der Waals surface area contributed by atoms with Gasteiger partial charge < -0.3 is 0 Å². The molecular weight excluding hydrogens is 240 g/mol. The fourth-order valence-corrected chi connectivity index (χ4v) is 2.09. The van der Waals surface area contributed by atoms with Gasteiger partial charge in [-0.3, -0.25) is 0 Å². The topological polar surface area (TPSA) is 0 Å². The molecule has 0 radical (unpaired) electrons. The Bertz CT molecular complexity index is 71.2. The minimum atomic E-state index is 1.37. The Hall–Kier alpha value is 0.688. The molecule has 0 aromatic rings. The molecule has 0 aliphatic heterocycles. The summed E-state index contributed by atoms with van der Waals surface area (Å²) >= 11 is 2.22. The van der Waals surface area contributed by atoms with Crippen LogP contribution in [0.2, 0.25) is 4.81 Å². The molecular formula is C12H25Mo. The molecule has 0 aromatic heterocycles. The van der Waals surface area contributed by atoms with Gasteiger partial charge in [-0.25, -0.2) is 0 Å². The first kappa shape index (κ1) is 13.7. The van der Waals surface area contributed by atoms with Gasteiger partial charge in [-0.2, -0.15) is 0 Å². The molecule has 0 heterocycles. The molecule has 0 aliphatic carbocycles. The van der Waals surface area contributed by atoms with Gasteiger partial charge >= 0.3 is 95.8 Å². The number of unbranched alkanes of at least 4 members (excludes halogenated alkanes) is 9. The molecule has 0 aliphatic rings. The second-order valence-electron chi connectivity index (χ2n) is 3.89. The van der Waals surface area contributed by atoms with Crippen molar-refractivity contribution >= 4 is 0 Å². The predicted molar refractivity (Wildman–Crippen MR) is 56.7 cm³/mol. The van der Waals surface area contributed by atoms with Crippen LogP contribution in [0.5, 0.6) is 0 Å². The van der Waals surface area contributed by atoms with Crippen molar-refractivity contribution in [2.45, 2.75) is 75.9 Å². The van der Waals surface area contributed by atoms with E-state index < -0.39 is 0 Å². The molecule has 0 fully saturated rings. The van der Waals surface area contributed by atoms with Crippen LogP contribution in [0.3, 0.4) is 0 Å². The zero-order valence-electron chi connectivity index (χ0n) is 9.19. The van der Waals surface area contributed by atoms with Crippen molar-refractivity contribution in [3.63, 3.8) is 0 Å². The Balaban J connectivity index is 2.76. The van der Waals surface area contributed by atoms with E-state index in [1.54, 1.807) is 0 Å². The molecule has 0 rings (SSSR count). The van der Waals surface area contributed by atoms with E-state index in [1.165, 1.54) is 69.0 Å². The third-order valence-electron chi connectivity index (χ3n) is 2.50. The number of hydrogen-bond acceptors (Lipinski definition) is 0. The third-order valence-corrected chi connectivity index (χ3v) is 3.21. The van der Waals surface area contributed by atoms with Crippen molar-refractivity contribution in [2.75, 3.05) is 0 Å². The Morgan fingerprint density at radius 1 is 0.615 bits per heavy atom. The quantitative estimate of drug-likeness (QED) is 0.390. The SMILES string of the molecule is CCCCCCCCCCC[CH2][Mo]. The van der Waals surface area contributed by atoms with E-state index in [0.717, 1.165) is 0 Å². The molecule has 0 unspecified atom stereocenters. The molecule has 0 saturated heterocycles. The van der Waals surface area contributed by atoms with E-state index >= 15 is 0 Å². The second-order valence-corrected chi connectivity index (χ2v) is 4.89. The molecule has 79 valence electrons. The molecule has 1 heteroatoms. The Kier molecular flexibility index (Phi) is 13.4. The monoisotopic (exact) mass is 267 g/mol. The van der Waals surface area contributed by atoms with Crippen molar-refractivity contribution < 1.29 is 19.8 Å². The van der Waals surface area contributed by atoms with Gasteiger partial charge in [-0.05, 0) is 0 Å². The Morgan fingerprint density at radius 2 is 1.00 bits per heavy atom. The maximum absolute atomic E-state index is 2.28. The first-order valence-electron chi connectivity index (χ1n) is 6.00. The van der Waals surface area contributed by atoms with Gasteiger partial charge in [0, 0.05) is 0 Å². The minimum absolute atomic E-state index is 1.37. The maximum atomic E-state index is 2.28.